The van der Waals surface area contributed by atoms with Crippen molar-refractivity contribution in [2.75, 3.05) is 11.5 Å². The van der Waals surface area contributed by atoms with Crippen molar-refractivity contribution >= 4 is 21.7 Å². The maximum atomic E-state index is 11.3. The lowest BCUT2D eigenvalue weighted by atomic mass is 10.2. The van der Waals surface area contributed by atoms with Crippen LogP contribution in [0.3, 0.4) is 0 Å². The molecule has 0 aliphatic heterocycles. The number of aliphatic carboxylic acids is 1. The molecule has 0 saturated heterocycles. The SMILES string of the molecule is CCCS(=O)(=O)CC(=O)NC(CC)C(=O)O. The second-order valence-corrected chi connectivity index (χ2v) is 5.64. The molecule has 0 bridgehead atoms. The molecule has 0 aromatic heterocycles. The second kappa shape index (κ2) is 6.47. The molecule has 1 amide bonds. The van der Waals surface area contributed by atoms with Gasteiger partial charge in [-0.2, -0.15) is 0 Å². The van der Waals surface area contributed by atoms with Gasteiger partial charge in [0.05, 0.1) is 5.75 Å². The number of carboxylic acids is 1. The van der Waals surface area contributed by atoms with Gasteiger partial charge in [0.15, 0.2) is 9.84 Å². The molecule has 0 aromatic carbocycles. The molecule has 0 aromatic rings. The van der Waals surface area contributed by atoms with Crippen LogP contribution in [0.5, 0.6) is 0 Å². The van der Waals surface area contributed by atoms with E-state index in [1.54, 1.807) is 13.8 Å². The van der Waals surface area contributed by atoms with Crippen LogP contribution in [0.1, 0.15) is 26.7 Å². The summed E-state index contributed by atoms with van der Waals surface area (Å²) in [6, 6.07) is -1.02. The molecule has 0 spiro atoms. The van der Waals surface area contributed by atoms with Crippen LogP contribution < -0.4 is 5.32 Å². The van der Waals surface area contributed by atoms with Gasteiger partial charge in [0, 0.05) is 0 Å². The lowest BCUT2D eigenvalue weighted by Crippen LogP contribution is -2.43. The smallest absolute Gasteiger partial charge is 0.326 e. The van der Waals surface area contributed by atoms with E-state index in [0.717, 1.165) is 0 Å². The summed E-state index contributed by atoms with van der Waals surface area (Å²) >= 11 is 0. The molecule has 1 unspecified atom stereocenters. The van der Waals surface area contributed by atoms with E-state index in [1.165, 1.54) is 0 Å². The van der Waals surface area contributed by atoms with Crippen molar-refractivity contribution in [2.45, 2.75) is 32.7 Å². The lowest BCUT2D eigenvalue weighted by molar-refractivity contribution is -0.141. The van der Waals surface area contributed by atoms with E-state index in [0.29, 0.717) is 6.42 Å². The van der Waals surface area contributed by atoms with E-state index in [9.17, 15) is 18.0 Å². The topological polar surface area (TPSA) is 101 Å². The van der Waals surface area contributed by atoms with E-state index >= 15 is 0 Å². The molecule has 7 heteroatoms. The first-order valence-electron chi connectivity index (χ1n) is 5.05. The van der Waals surface area contributed by atoms with E-state index in [-0.39, 0.29) is 12.2 Å². The molecule has 0 rings (SSSR count). The summed E-state index contributed by atoms with van der Waals surface area (Å²) in [5.41, 5.74) is 0. The Morgan fingerprint density at radius 2 is 1.88 bits per heavy atom. The van der Waals surface area contributed by atoms with Crippen molar-refractivity contribution in [1.82, 2.24) is 5.32 Å². The van der Waals surface area contributed by atoms with E-state index in [1.807, 2.05) is 0 Å². The van der Waals surface area contributed by atoms with Crippen LogP contribution in [0.25, 0.3) is 0 Å². The Labute approximate surface area is 95.0 Å². The Balaban J connectivity index is 4.33. The average molecular weight is 251 g/mol. The minimum absolute atomic E-state index is 0.0652. The summed E-state index contributed by atoms with van der Waals surface area (Å²) < 4.78 is 22.5. The van der Waals surface area contributed by atoms with Crippen LogP contribution >= 0.6 is 0 Å². The number of hydrogen-bond donors (Lipinski definition) is 2. The summed E-state index contributed by atoms with van der Waals surface area (Å²) in [5, 5.41) is 10.8. The minimum atomic E-state index is -3.42. The normalized spacial score (nSPS) is 13.1. The predicted molar refractivity (Wildman–Crippen MR) is 58.8 cm³/mol. The van der Waals surface area contributed by atoms with Crippen molar-refractivity contribution in [3.63, 3.8) is 0 Å². The minimum Gasteiger partial charge on any atom is -0.480 e. The Hall–Kier alpha value is -1.11. The maximum absolute atomic E-state index is 11.3. The molecule has 0 aliphatic rings. The monoisotopic (exact) mass is 251 g/mol. The van der Waals surface area contributed by atoms with Gasteiger partial charge in [-0.25, -0.2) is 13.2 Å². The van der Waals surface area contributed by atoms with Gasteiger partial charge in [-0.05, 0) is 12.8 Å². The van der Waals surface area contributed by atoms with Gasteiger partial charge in [0.1, 0.15) is 11.8 Å². The Morgan fingerprint density at radius 3 is 2.25 bits per heavy atom. The first-order valence-corrected chi connectivity index (χ1v) is 6.87. The first-order chi connectivity index (χ1) is 7.32. The summed E-state index contributed by atoms with van der Waals surface area (Å²) in [5.74, 6) is -2.64. The third-order valence-electron chi connectivity index (χ3n) is 1.91. The van der Waals surface area contributed by atoms with E-state index < -0.39 is 33.5 Å². The van der Waals surface area contributed by atoms with Gasteiger partial charge in [0.25, 0.3) is 0 Å². The summed E-state index contributed by atoms with van der Waals surface area (Å²) in [4.78, 5) is 21.8. The van der Waals surface area contributed by atoms with Crippen LogP contribution in [0, 0.1) is 0 Å². The summed E-state index contributed by atoms with van der Waals surface area (Å²) in [6.45, 7) is 3.29. The van der Waals surface area contributed by atoms with Gasteiger partial charge in [-0.15, -0.1) is 0 Å². The van der Waals surface area contributed by atoms with Crippen LogP contribution in [0.4, 0.5) is 0 Å². The second-order valence-electron chi connectivity index (χ2n) is 3.46. The van der Waals surface area contributed by atoms with Crippen molar-refractivity contribution in [3.8, 4) is 0 Å². The molecule has 1 atom stereocenters. The molecule has 6 nitrogen and oxygen atoms in total. The maximum Gasteiger partial charge on any atom is 0.326 e. The van der Waals surface area contributed by atoms with Crippen LogP contribution in [-0.4, -0.2) is 42.9 Å². The molecule has 0 radical (unpaired) electrons. The zero-order valence-electron chi connectivity index (χ0n) is 9.39. The largest absolute Gasteiger partial charge is 0.480 e. The molecular formula is C9H17NO5S. The molecule has 0 aliphatic carbocycles. The zero-order chi connectivity index (χ0) is 12.8. The van der Waals surface area contributed by atoms with E-state index in [4.69, 9.17) is 5.11 Å². The van der Waals surface area contributed by atoms with Gasteiger partial charge in [0.2, 0.25) is 5.91 Å². The number of carbonyl (C=O) groups excluding carboxylic acids is 1. The first kappa shape index (κ1) is 14.9. The zero-order valence-corrected chi connectivity index (χ0v) is 10.2. The highest BCUT2D eigenvalue weighted by Crippen LogP contribution is 1.96. The predicted octanol–water partition coefficient (Wildman–Crippen LogP) is -0.209. The third kappa shape index (κ3) is 5.69. The van der Waals surface area contributed by atoms with Gasteiger partial charge in [-0.1, -0.05) is 13.8 Å². The van der Waals surface area contributed by atoms with Crippen molar-refractivity contribution in [1.29, 1.82) is 0 Å². The lowest BCUT2D eigenvalue weighted by Gasteiger charge is -2.11. The molecule has 94 valence electrons. The van der Waals surface area contributed by atoms with E-state index in [2.05, 4.69) is 5.32 Å². The van der Waals surface area contributed by atoms with Gasteiger partial charge in [-0.3, -0.25) is 4.79 Å². The average Bonchev–Trinajstić information content (AvgIpc) is 2.12. The molecule has 0 saturated carbocycles. The fraction of sp³-hybridized carbons (Fsp3) is 0.778. The number of carboxylic acid groups (broad SMARTS) is 1. The molecule has 0 fully saturated rings. The van der Waals surface area contributed by atoms with Crippen molar-refractivity contribution < 1.29 is 23.1 Å². The van der Waals surface area contributed by atoms with Crippen molar-refractivity contribution in [2.24, 2.45) is 0 Å². The van der Waals surface area contributed by atoms with Gasteiger partial charge >= 0.3 is 5.97 Å². The fourth-order valence-corrected chi connectivity index (χ4v) is 2.41. The Morgan fingerprint density at radius 1 is 1.31 bits per heavy atom. The Kier molecular flexibility index (Phi) is 6.02. The summed E-state index contributed by atoms with van der Waals surface area (Å²) in [6.07, 6.45) is 0.653. The molecule has 2 N–H and O–H groups in total. The highest BCUT2D eigenvalue weighted by molar-refractivity contribution is 7.92. The van der Waals surface area contributed by atoms with Crippen LogP contribution in [0.2, 0.25) is 0 Å². The highest BCUT2D eigenvalue weighted by Gasteiger charge is 2.21. The Bertz CT molecular complexity index is 349. The number of rotatable bonds is 7. The number of sulfone groups is 1. The fourth-order valence-electron chi connectivity index (χ4n) is 1.16. The number of nitrogens with one attached hydrogen (secondary N) is 1. The third-order valence-corrected chi connectivity index (χ3v) is 3.64. The van der Waals surface area contributed by atoms with Crippen molar-refractivity contribution in [3.05, 3.63) is 0 Å². The molecule has 0 heterocycles. The summed E-state index contributed by atoms with van der Waals surface area (Å²) in [7, 11) is -3.42. The molecular weight excluding hydrogens is 234 g/mol. The standard InChI is InChI=1S/C9H17NO5S/c1-3-5-16(14,15)6-8(11)10-7(4-2)9(12)13/h7H,3-6H2,1-2H3,(H,10,11)(H,12,13). The molecule has 16 heavy (non-hydrogen) atoms. The number of carbonyl (C=O) groups is 2. The highest BCUT2D eigenvalue weighted by atomic mass is 32.2. The quantitative estimate of drug-likeness (QED) is 0.652. The van der Waals surface area contributed by atoms with Gasteiger partial charge < -0.3 is 10.4 Å². The van der Waals surface area contributed by atoms with Crippen LogP contribution in [0.15, 0.2) is 0 Å². The number of hydrogen-bond acceptors (Lipinski definition) is 4. The van der Waals surface area contributed by atoms with Crippen LogP contribution in [-0.2, 0) is 19.4 Å². The number of amides is 1.